The van der Waals surface area contributed by atoms with Gasteiger partial charge in [0.1, 0.15) is 6.61 Å². The number of carbonyl (C=O) groups excluding carboxylic acids is 1. The van der Waals surface area contributed by atoms with Crippen LogP contribution in [-0.4, -0.2) is 42.6 Å². The molecule has 0 spiro atoms. The molecule has 0 bridgehead atoms. The summed E-state index contributed by atoms with van der Waals surface area (Å²) in [6.07, 6.45) is 54.2. The minimum atomic E-state index is -0.435. The van der Waals surface area contributed by atoms with Crippen LogP contribution in [0.3, 0.4) is 0 Å². The van der Waals surface area contributed by atoms with E-state index >= 15 is 0 Å². The molecule has 3 atom stereocenters. The summed E-state index contributed by atoms with van der Waals surface area (Å²) in [5.74, 6) is -0.0338. The van der Waals surface area contributed by atoms with Crippen LogP contribution in [0.25, 0.3) is 0 Å². The average molecular weight is 802 g/mol. The van der Waals surface area contributed by atoms with Crippen molar-refractivity contribution < 1.29 is 19.0 Å². The summed E-state index contributed by atoms with van der Waals surface area (Å²) < 4.78 is 19.6. The Bertz CT molecular complexity index is 1210. The molecule has 1 aliphatic heterocycles. The van der Waals surface area contributed by atoms with E-state index in [1.54, 1.807) is 4.90 Å². The Kier molecular flexibility index (Phi) is 28.4. The highest BCUT2D eigenvalue weighted by Crippen LogP contribution is 2.44. The van der Waals surface area contributed by atoms with Crippen molar-refractivity contribution in [2.75, 3.05) is 13.6 Å². The summed E-state index contributed by atoms with van der Waals surface area (Å²) in [5.41, 5.74) is 1.01. The van der Waals surface area contributed by atoms with Crippen LogP contribution >= 0.6 is 0 Å². The fourth-order valence-electron chi connectivity index (χ4n) is 8.61. The maximum absolute atomic E-state index is 12.8. The number of amides is 1. The van der Waals surface area contributed by atoms with Gasteiger partial charge < -0.3 is 19.1 Å². The largest absolute Gasteiger partial charge is 0.445 e. The van der Waals surface area contributed by atoms with Gasteiger partial charge in [0, 0.05) is 26.4 Å². The van der Waals surface area contributed by atoms with Crippen molar-refractivity contribution in [3.63, 3.8) is 0 Å². The van der Waals surface area contributed by atoms with Crippen LogP contribution in [0.4, 0.5) is 4.79 Å². The molecule has 2 fully saturated rings. The number of fused-ring (bicyclic) bond motifs is 1. The molecule has 328 valence electrons. The molecule has 5 nitrogen and oxygen atoms in total. The highest BCUT2D eigenvalue weighted by molar-refractivity contribution is 5.67. The third-order valence-corrected chi connectivity index (χ3v) is 12.1. The maximum atomic E-state index is 12.8. The van der Waals surface area contributed by atoms with Crippen LogP contribution in [0.2, 0.25) is 0 Å². The minimum Gasteiger partial charge on any atom is -0.445 e. The Morgan fingerprint density at radius 2 is 1.09 bits per heavy atom. The number of hydrogen-bond donors (Lipinski definition) is 0. The van der Waals surface area contributed by atoms with E-state index in [1.165, 1.54) is 141 Å². The number of benzene rings is 1. The molecule has 58 heavy (non-hydrogen) atoms. The van der Waals surface area contributed by atoms with Crippen LogP contribution in [-0.2, 0) is 20.8 Å². The van der Waals surface area contributed by atoms with Crippen molar-refractivity contribution in [1.29, 1.82) is 0 Å². The fourth-order valence-corrected chi connectivity index (χ4v) is 8.61. The van der Waals surface area contributed by atoms with Gasteiger partial charge in [0.05, 0.1) is 12.2 Å². The molecule has 1 aromatic carbocycles. The second-order valence-electron chi connectivity index (χ2n) is 17.5. The normalized spacial score (nSPS) is 19.3. The Morgan fingerprint density at radius 1 is 0.621 bits per heavy atom. The summed E-state index contributed by atoms with van der Waals surface area (Å²) in [6.45, 7) is 5.54. The van der Waals surface area contributed by atoms with Gasteiger partial charge in [-0.2, -0.15) is 0 Å². The molecule has 5 heteroatoms. The molecule has 1 saturated carbocycles. The second-order valence-corrected chi connectivity index (χ2v) is 17.5. The number of hydrogen-bond acceptors (Lipinski definition) is 4. The quantitative estimate of drug-likeness (QED) is 0.0514. The van der Waals surface area contributed by atoms with Crippen LogP contribution in [0.1, 0.15) is 206 Å². The first-order valence-corrected chi connectivity index (χ1v) is 24.4. The molecule has 1 saturated heterocycles. The van der Waals surface area contributed by atoms with E-state index in [-0.39, 0.29) is 18.3 Å². The zero-order valence-electron chi connectivity index (χ0n) is 37.7. The van der Waals surface area contributed by atoms with E-state index in [4.69, 9.17) is 14.2 Å². The molecule has 1 aliphatic carbocycles. The first kappa shape index (κ1) is 49.7. The molecule has 0 radical (unpaired) electrons. The summed E-state index contributed by atoms with van der Waals surface area (Å²) in [7, 11) is 1.87. The lowest BCUT2D eigenvalue weighted by Crippen LogP contribution is -2.38. The van der Waals surface area contributed by atoms with E-state index in [9.17, 15) is 4.79 Å². The van der Waals surface area contributed by atoms with Crippen LogP contribution in [0.5, 0.6) is 0 Å². The second kappa shape index (κ2) is 33.1. The van der Waals surface area contributed by atoms with E-state index in [0.717, 1.165) is 50.5 Å². The van der Waals surface area contributed by atoms with Crippen molar-refractivity contribution in [1.82, 2.24) is 4.90 Å². The lowest BCUT2D eigenvalue weighted by molar-refractivity contribution is -0.186. The van der Waals surface area contributed by atoms with Crippen molar-refractivity contribution >= 4 is 6.09 Å². The molecular weight excluding hydrogens is 715 g/mol. The van der Waals surface area contributed by atoms with Gasteiger partial charge in [0.2, 0.25) is 0 Å². The van der Waals surface area contributed by atoms with E-state index in [0.29, 0.717) is 19.1 Å². The number of unbranched alkanes of at least 4 members (excludes halogenated alkanes) is 18. The molecule has 1 amide bonds. The fraction of sp³-hybridized carbons (Fsp3) is 0.717. The van der Waals surface area contributed by atoms with Gasteiger partial charge in [-0.15, -0.1) is 0 Å². The van der Waals surface area contributed by atoms with Gasteiger partial charge in [0.15, 0.2) is 5.79 Å². The van der Waals surface area contributed by atoms with Gasteiger partial charge >= 0.3 is 6.09 Å². The highest BCUT2D eigenvalue weighted by atomic mass is 16.8. The number of nitrogens with zero attached hydrogens (tertiary/aromatic N) is 1. The molecule has 1 heterocycles. The lowest BCUT2D eigenvalue weighted by atomic mass is 9.85. The van der Waals surface area contributed by atoms with Crippen molar-refractivity contribution in [2.45, 2.75) is 225 Å². The average Bonchev–Trinajstić information content (AvgIpc) is 3.60. The van der Waals surface area contributed by atoms with Gasteiger partial charge in [-0.3, -0.25) is 0 Å². The topological polar surface area (TPSA) is 48.0 Å². The standard InChI is InChI=1S/C53H87NO4/c1-4-6-8-10-12-14-16-18-20-22-24-26-28-30-32-37-43-53(44-38-33-31-29-27-25-23-21-19-17-15-13-11-9-7-5-2)57-50-42-41-49(45-51(50)58-53)46-54(3)52(55)56-47-48-39-35-34-36-40-48/h12-15,18-21,34-36,39-40,49-51H,4-11,16-17,22-33,37-38,41-47H2,1-3H3/b14-12-,15-13-,20-18-,21-19-/t49-,50-,51+/m1/s1. The Labute approximate surface area is 357 Å². The Morgan fingerprint density at radius 3 is 1.60 bits per heavy atom. The summed E-state index contributed by atoms with van der Waals surface area (Å²) in [4.78, 5) is 14.6. The maximum Gasteiger partial charge on any atom is 0.409 e. The zero-order valence-corrected chi connectivity index (χ0v) is 37.7. The molecule has 3 rings (SSSR count). The predicted octanol–water partition coefficient (Wildman–Crippen LogP) is 15.9. The Balaban J connectivity index is 1.36. The van der Waals surface area contributed by atoms with Crippen molar-refractivity contribution in [2.24, 2.45) is 5.92 Å². The number of ether oxygens (including phenoxy) is 3. The zero-order chi connectivity index (χ0) is 41.2. The van der Waals surface area contributed by atoms with E-state index in [1.807, 2.05) is 37.4 Å². The first-order valence-electron chi connectivity index (χ1n) is 24.4. The Hall–Kier alpha value is -2.63. The smallest absolute Gasteiger partial charge is 0.409 e. The molecule has 0 unspecified atom stereocenters. The summed E-state index contributed by atoms with van der Waals surface area (Å²) >= 11 is 0. The number of rotatable bonds is 34. The van der Waals surface area contributed by atoms with Crippen molar-refractivity contribution in [3.8, 4) is 0 Å². The summed E-state index contributed by atoms with van der Waals surface area (Å²) in [5, 5.41) is 0. The van der Waals surface area contributed by atoms with E-state index < -0.39 is 5.79 Å². The summed E-state index contributed by atoms with van der Waals surface area (Å²) in [6, 6.07) is 9.91. The van der Waals surface area contributed by atoms with Gasteiger partial charge in [-0.25, -0.2) is 4.79 Å². The van der Waals surface area contributed by atoms with Crippen LogP contribution in [0.15, 0.2) is 78.9 Å². The van der Waals surface area contributed by atoms with Crippen LogP contribution < -0.4 is 0 Å². The number of carbonyl (C=O) groups is 1. The SMILES string of the molecule is CCCCC/C=C\C/C=C\CCCCCCCCC1(CCCCCCCC/C=C\C/C=C\CCCCC)O[C@H]2C[C@H](CN(C)C(=O)OCc3ccccc3)CC[C@H]2O1. The highest BCUT2D eigenvalue weighted by Gasteiger charge is 2.49. The molecular formula is C53H87NO4. The molecule has 0 aromatic heterocycles. The number of allylic oxidation sites excluding steroid dienone is 8. The van der Waals surface area contributed by atoms with E-state index in [2.05, 4.69) is 62.5 Å². The third kappa shape index (κ3) is 23.2. The first-order chi connectivity index (χ1) is 28.5. The lowest BCUT2D eigenvalue weighted by Gasteiger charge is -2.31. The van der Waals surface area contributed by atoms with Crippen LogP contribution in [0, 0.1) is 5.92 Å². The van der Waals surface area contributed by atoms with Gasteiger partial charge in [-0.05, 0) is 108 Å². The predicted molar refractivity (Wildman–Crippen MR) is 247 cm³/mol. The van der Waals surface area contributed by atoms with Crippen molar-refractivity contribution in [3.05, 3.63) is 84.5 Å². The molecule has 1 aromatic rings. The molecule has 2 aliphatic rings. The third-order valence-electron chi connectivity index (χ3n) is 12.1. The van der Waals surface area contributed by atoms with Gasteiger partial charge in [0.25, 0.3) is 0 Å². The monoisotopic (exact) mass is 802 g/mol. The minimum absolute atomic E-state index is 0.127. The van der Waals surface area contributed by atoms with Gasteiger partial charge in [-0.1, -0.05) is 170 Å². The molecule has 0 N–H and O–H groups in total.